The third-order valence-corrected chi connectivity index (χ3v) is 3.01. The zero-order valence-corrected chi connectivity index (χ0v) is 12.1. The molecule has 5 nitrogen and oxygen atoms in total. The highest BCUT2D eigenvalue weighted by atomic mass is 15.3. The molecule has 0 aliphatic carbocycles. The highest BCUT2D eigenvalue weighted by Crippen LogP contribution is 2.14. The Hall–Kier alpha value is -2.17. The van der Waals surface area contributed by atoms with Gasteiger partial charge in [-0.15, -0.1) is 5.10 Å². The summed E-state index contributed by atoms with van der Waals surface area (Å²) in [5, 5.41) is 14.3. The molecule has 0 aliphatic heterocycles. The third kappa shape index (κ3) is 4.19. The van der Waals surface area contributed by atoms with Crippen LogP contribution in [-0.4, -0.2) is 21.7 Å². The summed E-state index contributed by atoms with van der Waals surface area (Å²) in [5.41, 5.74) is 2.28. The van der Waals surface area contributed by atoms with Crippen LogP contribution in [0, 0.1) is 0 Å². The maximum atomic E-state index is 4.39. The molecule has 0 saturated carbocycles. The third-order valence-electron chi connectivity index (χ3n) is 3.01. The Kier molecular flexibility index (Phi) is 5.29. The molecule has 20 heavy (non-hydrogen) atoms. The summed E-state index contributed by atoms with van der Waals surface area (Å²) >= 11 is 0. The van der Waals surface area contributed by atoms with Crippen LogP contribution in [0.25, 0.3) is 0 Å². The normalized spacial score (nSPS) is 10.3. The van der Waals surface area contributed by atoms with Crippen LogP contribution in [-0.2, 0) is 6.42 Å². The minimum atomic E-state index is 0.510. The summed E-state index contributed by atoms with van der Waals surface area (Å²) in [7, 11) is 0. The van der Waals surface area contributed by atoms with Crippen molar-refractivity contribution in [3.05, 3.63) is 36.0 Å². The zero-order chi connectivity index (χ0) is 14.2. The van der Waals surface area contributed by atoms with Crippen LogP contribution < -0.4 is 10.6 Å². The minimum Gasteiger partial charge on any atom is -0.369 e. The van der Waals surface area contributed by atoms with Crippen LogP contribution >= 0.6 is 0 Å². The van der Waals surface area contributed by atoms with Crippen molar-refractivity contribution in [2.24, 2.45) is 0 Å². The standard InChI is InChI=1S/C15H21N5/c1-3-5-10-16-14-11-17-20-15(19-14)18-13-8-6-12(4-2)7-9-13/h6-9,11H,3-5,10H2,1-2H3,(H2,16,18,19,20). The van der Waals surface area contributed by atoms with Gasteiger partial charge in [-0.25, -0.2) is 0 Å². The number of anilines is 3. The van der Waals surface area contributed by atoms with Crippen molar-refractivity contribution in [2.45, 2.75) is 33.1 Å². The number of hydrogen-bond donors (Lipinski definition) is 2. The van der Waals surface area contributed by atoms with Crippen LogP contribution in [0.3, 0.4) is 0 Å². The molecule has 0 atom stereocenters. The van der Waals surface area contributed by atoms with E-state index in [1.54, 1.807) is 6.20 Å². The minimum absolute atomic E-state index is 0.510. The number of nitrogens with one attached hydrogen (secondary N) is 2. The van der Waals surface area contributed by atoms with Crippen molar-refractivity contribution < 1.29 is 0 Å². The van der Waals surface area contributed by atoms with Crippen LogP contribution in [0.1, 0.15) is 32.3 Å². The lowest BCUT2D eigenvalue weighted by molar-refractivity contribution is 0.827. The highest BCUT2D eigenvalue weighted by molar-refractivity contribution is 5.54. The maximum absolute atomic E-state index is 4.39. The molecule has 0 amide bonds. The monoisotopic (exact) mass is 271 g/mol. The van der Waals surface area contributed by atoms with Gasteiger partial charge in [0.1, 0.15) is 0 Å². The van der Waals surface area contributed by atoms with E-state index in [1.807, 2.05) is 12.1 Å². The van der Waals surface area contributed by atoms with Gasteiger partial charge in [0.05, 0.1) is 6.20 Å². The van der Waals surface area contributed by atoms with Crippen LogP contribution in [0.15, 0.2) is 30.5 Å². The molecule has 5 heteroatoms. The van der Waals surface area contributed by atoms with E-state index < -0.39 is 0 Å². The van der Waals surface area contributed by atoms with E-state index in [9.17, 15) is 0 Å². The molecule has 1 aromatic carbocycles. The molecule has 0 aliphatic rings. The molecular weight excluding hydrogens is 250 g/mol. The lowest BCUT2D eigenvalue weighted by atomic mass is 10.1. The van der Waals surface area contributed by atoms with Crippen molar-refractivity contribution >= 4 is 17.5 Å². The Morgan fingerprint density at radius 2 is 1.90 bits per heavy atom. The van der Waals surface area contributed by atoms with Crippen molar-refractivity contribution in [1.82, 2.24) is 15.2 Å². The van der Waals surface area contributed by atoms with E-state index in [-0.39, 0.29) is 0 Å². The number of aromatic nitrogens is 3. The largest absolute Gasteiger partial charge is 0.369 e. The van der Waals surface area contributed by atoms with Crippen LogP contribution in [0.4, 0.5) is 17.5 Å². The molecule has 2 rings (SSSR count). The molecule has 0 saturated heterocycles. The van der Waals surface area contributed by atoms with Gasteiger partial charge in [-0.1, -0.05) is 32.4 Å². The van der Waals surface area contributed by atoms with Gasteiger partial charge in [0, 0.05) is 12.2 Å². The second-order valence-corrected chi connectivity index (χ2v) is 4.62. The first-order chi connectivity index (χ1) is 9.81. The smallest absolute Gasteiger partial charge is 0.249 e. The van der Waals surface area contributed by atoms with Gasteiger partial charge >= 0.3 is 0 Å². The predicted molar refractivity (Wildman–Crippen MR) is 82.3 cm³/mol. The molecule has 0 fully saturated rings. The van der Waals surface area contributed by atoms with Gasteiger partial charge in [-0.3, -0.25) is 0 Å². The zero-order valence-electron chi connectivity index (χ0n) is 12.1. The molecule has 0 bridgehead atoms. The first-order valence-corrected chi connectivity index (χ1v) is 7.11. The van der Waals surface area contributed by atoms with Crippen LogP contribution in [0.2, 0.25) is 0 Å². The average Bonchev–Trinajstić information content (AvgIpc) is 2.49. The van der Waals surface area contributed by atoms with E-state index in [0.717, 1.165) is 37.3 Å². The summed E-state index contributed by atoms with van der Waals surface area (Å²) in [6.45, 7) is 5.20. The molecule has 1 aromatic heterocycles. The summed E-state index contributed by atoms with van der Waals surface area (Å²) < 4.78 is 0. The molecule has 2 aromatic rings. The Morgan fingerprint density at radius 3 is 2.60 bits per heavy atom. The van der Waals surface area contributed by atoms with E-state index >= 15 is 0 Å². The quantitative estimate of drug-likeness (QED) is 0.756. The fraction of sp³-hybridized carbons (Fsp3) is 0.400. The van der Waals surface area contributed by atoms with E-state index in [1.165, 1.54) is 5.56 Å². The van der Waals surface area contributed by atoms with Gasteiger partial charge < -0.3 is 10.6 Å². The topological polar surface area (TPSA) is 62.7 Å². The van der Waals surface area contributed by atoms with Gasteiger partial charge in [0.15, 0.2) is 5.82 Å². The number of nitrogens with zero attached hydrogens (tertiary/aromatic N) is 3. The highest BCUT2D eigenvalue weighted by Gasteiger charge is 2.01. The van der Waals surface area contributed by atoms with E-state index in [4.69, 9.17) is 0 Å². The molecule has 106 valence electrons. The summed E-state index contributed by atoms with van der Waals surface area (Å²) in [6.07, 6.45) is 4.95. The average molecular weight is 271 g/mol. The van der Waals surface area contributed by atoms with Crippen molar-refractivity contribution in [3.8, 4) is 0 Å². The Bertz CT molecular complexity index is 524. The molecule has 2 N–H and O–H groups in total. The number of unbranched alkanes of at least 4 members (excludes halogenated alkanes) is 1. The van der Waals surface area contributed by atoms with Crippen molar-refractivity contribution in [2.75, 3.05) is 17.2 Å². The SMILES string of the molecule is CCCCNc1cnnc(Nc2ccc(CC)cc2)n1. The molecule has 0 unspecified atom stereocenters. The van der Waals surface area contributed by atoms with Gasteiger partial charge in [-0.2, -0.15) is 10.1 Å². The fourth-order valence-corrected chi connectivity index (χ4v) is 1.79. The number of aryl methyl sites for hydroxylation is 1. The first kappa shape index (κ1) is 14.2. The molecule has 0 spiro atoms. The van der Waals surface area contributed by atoms with Crippen molar-refractivity contribution in [3.63, 3.8) is 0 Å². The number of rotatable bonds is 7. The van der Waals surface area contributed by atoms with Crippen LogP contribution in [0.5, 0.6) is 0 Å². The van der Waals surface area contributed by atoms with Crippen molar-refractivity contribution in [1.29, 1.82) is 0 Å². The summed E-state index contributed by atoms with van der Waals surface area (Å²) in [5.74, 6) is 1.26. The van der Waals surface area contributed by atoms with E-state index in [0.29, 0.717) is 5.95 Å². The second kappa shape index (κ2) is 7.43. The van der Waals surface area contributed by atoms with Gasteiger partial charge in [-0.05, 0) is 30.5 Å². The van der Waals surface area contributed by atoms with Gasteiger partial charge in [0.2, 0.25) is 5.95 Å². The summed E-state index contributed by atoms with van der Waals surface area (Å²) in [6, 6.07) is 8.25. The maximum Gasteiger partial charge on any atom is 0.249 e. The summed E-state index contributed by atoms with van der Waals surface area (Å²) in [4.78, 5) is 4.39. The second-order valence-electron chi connectivity index (χ2n) is 4.62. The molecule has 0 radical (unpaired) electrons. The Labute approximate surface area is 119 Å². The first-order valence-electron chi connectivity index (χ1n) is 7.11. The molecule has 1 heterocycles. The fourth-order valence-electron chi connectivity index (χ4n) is 1.79. The Balaban J connectivity index is 1.99. The number of hydrogen-bond acceptors (Lipinski definition) is 5. The van der Waals surface area contributed by atoms with E-state index in [2.05, 4.69) is 51.8 Å². The lowest BCUT2D eigenvalue weighted by Crippen LogP contribution is -2.06. The predicted octanol–water partition coefficient (Wildman–Crippen LogP) is 3.39. The Morgan fingerprint density at radius 1 is 1.10 bits per heavy atom. The number of benzene rings is 1. The molecular formula is C15H21N5. The lowest BCUT2D eigenvalue weighted by Gasteiger charge is -2.07. The van der Waals surface area contributed by atoms with Gasteiger partial charge in [0.25, 0.3) is 0 Å².